The van der Waals surface area contributed by atoms with Gasteiger partial charge in [-0.3, -0.25) is 4.79 Å². The number of esters is 1. The topological polar surface area (TPSA) is 44.8 Å². The van der Waals surface area contributed by atoms with Gasteiger partial charge in [0.1, 0.15) is 0 Å². The molecule has 0 bridgehead atoms. The van der Waals surface area contributed by atoms with Crippen LogP contribution in [0.2, 0.25) is 0 Å². The van der Waals surface area contributed by atoms with Crippen molar-refractivity contribution in [3.8, 4) is 11.5 Å². The number of ether oxygens (including phenoxy) is 3. The maximum Gasteiger partial charge on any atom is 0.316 e. The van der Waals surface area contributed by atoms with E-state index in [-0.39, 0.29) is 12.8 Å². The predicted molar refractivity (Wildman–Crippen MR) is 55.5 cm³/mol. The highest BCUT2D eigenvalue weighted by Gasteiger charge is 2.52. The summed E-state index contributed by atoms with van der Waals surface area (Å²) in [5.74, 6) is 1.29. The van der Waals surface area contributed by atoms with Crippen molar-refractivity contribution in [1.82, 2.24) is 0 Å². The van der Waals surface area contributed by atoms with Crippen molar-refractivity contribution in [2.75, 3.05) is 13.9 Å². The predicted octanol–water partition coefficient (Wildman–Crippen LogP) is 1.62. The maximum atomic E-state index is 11.7. The minimum absolute atomic E-state index is 0.161. The van der Waals surface area contributed by atoms with Crippen molar-refractivity contribution in [1.29, 1.82) is 0 Å². The molecule has 1 aromatic rings. The highest BCUT2D eigenvalue weighted by molar-refractivity contribution is 5.86. The monoisotopic (exact) mass is 220 g/mol. The Bertz CT molecular complexity index is 448. The van der Waals surface area contributed by atoms with Crippen LogP contribution in [-0.4, -0.2) is 19.9 Å². The van der Waals surface area contributed by atoms with Crippen molar-refractivity contribution in [2.45, 2.75) is 18.3 Å². The largest absolute Gasteiger partial charge is 0.468 e. The molecule has 0 radical (unpaired) electrons. The van der Waals surface area contributed by atoms with E-state index in [2.05, 4.69) is 0 Å². The fraction of sp³-hybridized carbons (Fsp3) is 0.417. The molecule has 0 unspecified atom stereocenters. The van der Waals surface area contributed by atoms with Crippen molar-refractivity contribution >= 4 is 5.97 Å². The highest BCUT2D eigenvalue weighted by Crippen LogP contribution is 2.51. The van der Waals surface area contributed by atoms with E-state index in [1.165, 1.54) is 7.11 Å². The first-order valence-electron chi connectivity index (χ1n) is 5.25. The van der Waals surface area contributed by atoms with E-state index in [0.717, 1.165) is 24.2 Å². The second-order valence-corrected chi connectivity index (χ2v) is 4.14. The fourth-order valence-electron chi connectivity index (χ4n) is 2.13. The van der Waals surface area contributed by atoms with E-state index in [4.69, 9.17) is 14.2 Å². The van der Waals surface area contributed by atoms with Gasteiger partial charge in [-0.05, 0) is 30.5 Å². The second-order valence-electron chi connectivity index (χ2n) is 4.14. The molecule has 1 saturated carbocycles. The molecule has 1 fully saturated rings. The van der Waals surface area contributed by atoms with E-state index < -0.39 is 5.41 Å². The molecule has 1 aliphatic heterocycles. The Morgan fingerprint density at radius 1 is 1.31 bits per heavy atom. The van der Waals surface area contributed by atoms with Crippen LogP contribution in [0.1, 0.15) is 18.4 Å². The average molecular weight is 220 g/mol. The average Bonchev–Trinajstić information content (AvgIpc) is 3.00. The summed E-state index contributed by atoms with van der Waals surface area (Å²) in [5, 5.41) is 0. The molecular formula is C12H12O4. The summed E-state index contributed by atoms with van der Waals surface area (Å²) in [6.45, 7) is 0.254. The van der Waals surface area contributed by atoms with Gasteiger partial charge in [0.05, 0.1) is 12.5 Å². The van der Waals surface area contributed by atoms with Crippen LogP contribution >= 0.6 is 0 Å². The summed E-state index contributed by atoms with van der Waals surface area (Å²) in [5.41, 5.74) is 0.527. The van der Waals surface area contributed by atoms with Gasteiger partial charge in [0.25, 0.3) is 0 Å². The first kappa shape index (κ1) is 9.51. The molecule has 0 aromatic heterocycles. The van der Waals surface area contributed by atoms with Crippen LogP contribution in [0.5, 0.6) is 11.5 Å². The molecule has 2 aliphatic rings. The van der Waals surface area contributed by atoms with E-state index in [1.807, 2.05) is 18.2 Å². The number of carbonyl (C=O) groups excluding carboxylic acids is 1. The third-order valence-electron chi connectivity index (χ3n) is 3.25. The molecule has 4 nitrogen and oxygen atoms in total. The third-order valence-corrected chi connectivity index (χ3v) is 3.25. The van der Waals surface area contributed by atoms with Crippen molar-refractivity contribution in [2.24, 2.45) is 0 Å². The lowest BCUT2D eigenvalue weighted by Crippen LogP contribution is -2.21. The molecule has 0 atom stereocenters. The standard InChI is InChI=1S/C12H12O4/c1-14-11(13)12(4-5-12)8-2-3-9-10(6-8)16-7-15-9/h2-3,6H,4-5,7H2,1H3. The zero-order chi connectivity index (χ0) is 11.2. The van der Waals surface area contributed by atoms with E-state index in [9.17, 15) is 4.79 Å². The number of hydrogen-bond acceptors (Lipinski definition) is 4. The number of rotatable bonds is 2. The molecule has 84 valence electrons. The summed E-state index contributed by atoms with van der Waals surface area (Å²) < 4.78 is 15.4. The normalized spacial score (nSPS) is 19.3. The summed E-state index contributed by atoms with van der Waals surface area (Å²) in [6, 6.07) is 5.64. The lowest BCUT2D eigenvalue weighted by Gasteiger charge is -2.13. The minimum Gasteiger partial charge on any atom is -0.468 e. The van der Waals surface area contributed by atoms with Gasteiger partial charge in [-0.15, -0.1) is 0 Å². The van der Waals surface area contributed by atoms with Gasteiger partial charge < -0.3 is 14.2 Å². The van der Waals surface area contributed by atoms with E-state index in [0.29, 0.717) is 5.75 Å². The zero-order valence-corrected chi connectivity index (χ0v) is 8.99. The first-order valence-corrected chi connectivity index (χ1v) is 5.25. The maximum absolute atomic E-state index is 11.7. The highest BCUT2D eigenvalue weighted by atomic mass is 16.7. The lowest BCUT2D eigenvalue weighted by atomic mass is 9.96. The van der Waals surface area contributed by atoms with Crippen LogP contribution < -0.4 is 9.47 Å². The molecule has 3 rings (SSSR count). The van der Waals surface area contributed by atoms with Crippen LogP contribution in [0.15, 0.2) is 18.2 Å². The Hall–Kier alpha value is -1.71. The number of hydrogen-bond donors (Lipinski definition) is 0. The summed E-state index contributed by atoms with van der Waals surface area (Å²) in [6.07, 6.45) is 1.69. The quantitative estimate of drug-likeness (QED) is 0.710. The van der Waals surface area contributed by atoms with Crippen LogP contribution in [0.25, 0.3) is 0 Å². The molecule has 0 spiro atoms. The third kappa shape index (κ3) is 1.19. The molecule has 0 N–H and O–H groups in total. The Balaban J connectivity index is 1.99. The van der Waals surface area contributed by atoms with E-state index >= 15 is 0 Å². The number of fused-ring (bicyclic) bond motifs is 1. The van der Waals surface area contributed by atoms with Gasteiger partial charge in [-0.25, -0.2) is 0 Å². The van der Waals surface area contributed by atoms with Gasteiger partial charge in [0.2, 0.25) is 6.79 Å². The summed E-state index contributed by atoms with van der Waals surface area (Å²) in [7, 11) is 1.43. The minimum atomic E-state index is -0.435. The van der Waals surface area contributed by atoms with Crippen LogP contribution in [0, 0.1) is 0 Å². The molecule has 16 heavy (non-hydrogen) atoms. The fourth-order valence-corrected chi connectivity index (χ4v) is 2.13. The molecule has 0 amide bonds. The van der Waals surface area contributed by atoms with Crippen molar-refractivity contribution < 1.29 is 19.0 Å². The van der Waals surface area contributed by atoms with Crippen LogP contribution in [-0.2, 0) is 14.9 Å². The molecule has 1 aromatic carbocycles. The van der Waals surface area contributed by atoms with E-state index in [1.54, 1.807) is 0 Å². The van der Waals surface area contributed by atoms with Gasteiger partial charge >= 0.3 is 5.97 Å². The molecular weight excluding hydrogens is 208 g/mol. The Morgan fingerprint density at radius 3 is 2.75 bits per heavy atom. The molecule has 4 heteroatoms. The van der Waals surface area contributed by atoms with Crippen molar-refractivity contribution in [3.05, 3.63) is 23.8 Å². The Kier molecular flexibility index (Phi) is 1.87. The number of carbonyl (C=O) groups is 1. The molecule has 1 heterocycles. The lowest BCUT2D eigenvalue weighted by molar-refractivity contribution is -0.143. The SMILES string of the molecule is COC(=O)C1(c2ccc3c(c2)OCO3)CC1. The zero-order valence-electron chi connectivity index (χ0n) is 8.99. The summed E-state index contributed by atoms with van der Waals surface area (Å²) in [4.78, 5) is 11.7. The van der Waals surface area contributed by atoms with Gasteiger partial charge in [-0.1, -0.05) is 6.07 Å². The smallest absolute Gasteiger partial charge is 0.316 e. The Labute approximate surface area is 93.1 Å². The van der Waals surface area contributed by atoms with Crippen LogP contribution in [0.4, 0.5) is 0 Å². The van der Waals surface area contributed by atoms with Crippen molar-refractivity contribution in [3.63, 3.8) is 0 Å². The number of benzene rings is 1. The molecule has 0 saturated heterocycles. The Morgan fingerprint density at radius 2 is 2.06 bits per heavy atom. The van der Waals surface area contributed by atoms with Gasteiger partial charge in [-0.2, -0.15) is 0 Å². The van der Waals surface area contributed by atoms with Gasteiger partial charge in [0.15, 0.2) is 11.5 Å². The number of methoxy groups -OCH3 is 1. The second kappa shape index (κ2) is 3.14. The summed E-state index contributed by atoms with van der Waals surface area (Å²) >= 11 is 0. The van der Waals surface area contributed by atoms with Crippen LogP contribution in [0.3, 0.4) is 0 Å². The first-order chi connectivity index (χ1) is 7.76. The van der Waals surface area contributed by atoms with Gasteiger partial charge in [0, 0.05) is 0 Å². The molecule has 1 aliphatic carbocycles.